The van der Waals surface area contributed by atoms with Crippen LogP contribution in [0, 0.1) is 6.92 Å². The van der Waals surface area contributed by atoms with E-state index in [-0.39, 0.29) is 0 Å². The molecule has 0 spiro atoms. The van der Waals surface area contributed by atoms with E-state index in [1.54, 1.807) is 0 Å². The third-order valence-corrected chi connectivity index (χ3v) is 4.13. The van der Waals surface area contributed by atoms with Gasteiger partial charge >= 0.3 is 0 Å². The first-order valence-corrected chi connectivity index (χ1v) is 7.63. The average Bonchev–Trinajstić information content (AvgIpc) is 2.38. The Balaban J connectivity index is 1.98. The Morgan fingerprint density at radius 3 is 2.47 bits per heavy atom. The van der Waals surface area contributed by atoms with Crippen LogP contribution in [0.25, 0.3) is 0 Å². The Hall–Kier alpha value is -0.860. The zero-order chi connectivity index (χ0) is 13.8. The molecule has 1 heterocycles. The molecule has 0 bridgehead atoms. The summed E-state index contributed by atoms with van der Waals surface area (Å²) < 4.78 is 0. The summed E-state index contributed by atoms with van der Waals surface area (Å²) in [5, 5.41) is 3.69. The fourth-order valence-corrected chi connectivity index (χ4v) is 3.02. The summed E-state index contributed by atoms with van der Waals surface area (Å²) in [6.45, 7) is 11.4. The van der Waals surface area contributed by atoms with Crippen LogP contribution >= 0.6 is 0 Å². The van der Waals surface area contributed by atoms with Gasteiger partial charge in [0.1, 0.15) is 0 Å². The van der Waals surface area contributed by atoms with Crippen molar-refractivity contribution in [2.24, 2.45) is 0 Å². The van der Waals surface area contributed by atoms with Gasteiger partial charge in [0.25, 0.3) is 0 Å². The maximum Gasteiger partial charge on any atom is 0.0320 e. The van der Waals surface area contributed by atoms with Gasteiger partial charge in [-0.1, -0.05) is 43.7 Å². The second-order valence-corrected chi connectivity index (χ2v) is 6.24. The lowest BCUT2D eigenvalue weighted by Gasteiger charge is -2.38. The molecule has 0 aliphatic carbocycles. The Bertz CT molecular complexity index is 383. The minimum Gasteiger partial charge on any atom is -0.311 e. The molecule has 0 saturated carbocycles. The standard InChI is InChI=1S/C17H28N2/c1-13(2)18-17-6-5-11-19(12-17)15(4)16-9-7-14(3)8-10-16/h7-10,13,15,17-18H,5-6,11-12H2,1-4H3. The van der Waals surface area contributed by atoms with Crippen molar-refractivity contribution in [3.63, 3.8) is 0 Å². The third-order valence-electron chi connectivity index (χ3n) is 4.13. The molecule has 2 heteroatoms. The number of nitrogens with zero attached hydrogens (tertiary/aromatic N) is 1. The minimum atomic E-state index is 0.525. The summed E-state index contributed by atoms with van der Waals surface area (Å²) in [4.78, 5) is 2.62. The van der Waals surface area contributed by atoms with Crippen molar-refractivity contribution >= 4 is 0 Å². The molecule has 106 valence electrons. The van der Waals surface area contributed by atoms with Crippen LogP contribution in [-0.4, -0.2) is 30.1 Å². The predicted molar refractivity (Wildman–Crippen MR) is 82.5 cm³/mol. The molecule has 1 fully saturated rings. The molecule has 1 aliphatic heterocycles. The molecule has 1 aromatic rings. The Morgan fingerprint density at radius 2 is 1.84 bits per heavy atom. The number of rotatable bonds is 4. The average molecular weight is 260 g/mol. The van der Waals surface area contributed by atoms with E-state index in [1.807, 2.05) is 0 Å². The fourth-order valence-electron chi connectivity index (χ4n) is 3.02. The van der Waals surface area contributed by atoms with Crippen LogP contribution in [0.4, 0.5) is 0 Å². The first-order valence-electron chi connectivity index (χ1n) is 7.63. The number of benzene rings is 1. The van der Waals surface area contributed by atoms with Crippen LogP contribution in [0.2, 0.25) is 0 Å². The van der Waals surface area contributed by atoms with Crippen molar-refractivity contribution in [1.82, 2.24) is 10.2 Å². The normalized spacial score (nSPS) is 22.7. The maximum atomic E-state index is 3.69. The number of hydrogen-bond donors (Lipinski definition) is 1. The molecule has 1 N–H and O–H groups in total. The lowest BCUT2D eigenvalue weighted by molar-refractivity contribution is 0.142. The highest BCUT2D eigenvalue weighted by atomic mass is 15.2. The highest BCUT2D eigenvalue weighted by molar-refractivity contribution is 5.23. The van der Waals surface area contributed by atoms with Crippen molar-refractivity contribution in [2.45, 2.75) is 58.7 Å². The molecule has 19 heavy (non-hydrogen) atoms. The molecule has 0 amide bonds. The van der Waals surface area contributed by atoms with Gasteiger partial charge in [-0.25, -0.2) is 0 Å². The van der Waals surface area contributed by atoms with Crippen LogP contribution in [0.1, 0.15) is 50.8 Å². The van der Waals surface area contributed by atoms with Crippen LogP contribution in [0.15, 0.2) is 24.3 Å². The van der Waals surface area contributed by atoms with Crippen molar-refractivity contribution in [1.29, 1.82) is 0 Å². The smallest absolute Gasteiger partial charge is 0.0320 e. The quantitative estimate of drug-likeness (QED) is 0.891. The van der Waals surface area contributed by atoms with Crippen LogP contribution in [0.5, 0.6) is 0 Å². The Morgan fingerprint density at radius 1 is 1.16 bits per heavy atom. The molecule has 0 radical (unpaired) electrons. The number of hydrogen-bond acceptors (Lipinski definition) is 2. The van der Waals surface area contributed by atoms with E-state index in [1.165, 1.54) is 37.1 Å². The zero-order valence-electron chi connectivity index (χ0n) is 12.8. The second kappa shape index (κ2) is 6.53. The lowest BCUT2D eigenvalue weighted by atomic mass is 9.99. The van der Waals surface area contributed by atoms with Crippen LogP contribution < -0.4 is 5.32 Å². The maximum absolute atomic E-state index is 3.69. The van der Waals surface area contributed by atoms with Crippen molar-refractivity contribution in [3.05, 3.63) is 35.4 Å². The van der Waals surface area contributed by atoms with Crippen molar-refractivity contribution in [2.75, 3.05) is 13.1 Å². The highest BCUT2D eigenvalue weighted by Gasteiger charge is 2.24. The molecular formula is C17H28N2. The topological polar surface area (TPSA) is 15.3 Å². The van der Waals surface area contributed by atoms with Crippen molar-refractivity contribution < 1.29 is 0 Å². The predicted octanol–water partition coefficient (Wildman–Crippen LogP) is 3.52. The van der Waals surface area contributed by atoms with Gasteiger partial charge in [0.2, 0.25) is 0 Å². The molecule has 2 unspecified atom stereocenters. The first kappa shape index (κ1) is 14.5. The molecule has 2 atom stereocenters. The van der Waals surface area contributed by atoms with Gasteiger partial charge in [-0.2, -0.15) is 0 Å². The second-order valence-electron chi connectivity index (χ2n) is 6.24. The lowest BCUT2D eigenvalue weighted by Crippen LogP contribution is -2.48. The Kier molecular flexibility index (Phi) is 5.00. The van der Waals surface area contributed by atoms with Gasteiger partial charge in [0.15, 0.2) is 0 Å². The van der Waals surface area contributed by atoms with Crippen molar-refractivity contribution in [3.8, 4) is 0 Å². The van der Waals surface area contributed by atoms with Gasteiger partial charge in [-0.05, 0) is 38.8 Å². The van der Waals surface area contributed by atoms with Gasteiger partial charge in [-0.15, -0.1) is 0 Å². The van der Waals surface area contributed by atoms with E-state index >= 15 is 0 Å². The number of aryl methyl sites for hydroxylation is 1. The molecular weight excluding hydrogens is 232 g/mol. The van der Waals surface area contributed by atoms with E-state index in [0.717, 1.165) is 0 Å². The largest absolute Gasteiger partial charge is 0.311 e. The summed E-state index contributed by atoms with van der Waals surface area (Å²) in [6, 6.07) is 10.8. The molecule has 0 aromatic heterocycles. The summed E-state index contributed by atoms with van der Waals surface area (Å²) in [5.74, 6) is 0. The number of piperidine rings is 1. The molecule has 1 aliphatic rings. The first-order chi connectivity index (χ1) is 9.06. The van der Waals surface area contributed by atoms with Gasteiger partial charge < -0.3 is 5.32 Å². The summed E-state index contributed by atoms with van der Waals surface area (Å²) >= 11 is 0. The molecule has 1 saturated heterocycles. The highest BCUT2D eigenvalue weighted by Crippen LogP contribution is 2.24. The summed E-state index contributed by atoms with van der Waals surface area (Å²) in [7, 11) is 0. The minimum absolute atomic E-state index is 0.525. The number of likely N-dealkylation sites (tertiary alicyclic amines) is 1. The zero-order valence-corrected chi connectivity index (χ0v) is 12.8. The SMILES string of the molecule is Cc1ccc(C(C)N2CCCC(NC(C)C)C2)cc1. The van der Waals surface area contributed by atoms with Crippen LogP contribution in [-0.2, 0) is 0 Å². The van der Waals surface area contributed by atoms with E-state index in [9.17, 15) is 0 Å². The van der Waals surface area contributed by atoms with E-state index in [4.69, 9.17) is 0 Å². The van der Waals surface area contributed by atoms with Gasteiger partial charge in [-0.3, -0.25) is 4.90 Å². The Labute approximate surface area is 118 Å². The summed E-state index contributed by atoms with van der Waals surface area (Å²) in [5.41, 5.74) is 2.78. The van der Waals surface area contributed by atoms with E-state index < -0.39 is 0 Å². The monoisotopic (exact) mass is 260 g/mol. The molecule has 2 rings (SSSR count). The van der Waals surface area contributed by atoms with E-state index in [0.29, 0.717) is 18.1 Å². The van der Waals surface area contributed by atoms with Gasteiger partial charge in [0, 0.05) is 24.7 Å². The van der Waals surface area contributed by atoms with Gasteiger partial charge in [0.05, 0.1) is 0 Å². The van der Waals surface area contributed by atoms with E-state index in [2.05, 4.69) is 62.2 Å². The number of nitrogens with one attached hydrogen (secondary N) is 1. The fraction of sp³-hybridized carbons (Fsp3) is 0.647. The molecule has 1 aromatic carbocycles. The molecule has 2 nitrogen and oxygen atoms in total. The summed E-state index contributed by atoms with van der Waals surface area (Å²) in [6.07, 6.45) is 2.62. The third kappa shape index (κ3) is 4.05. The van der Waals surface area contributed by atoms with Crippen LogP contribution in [0.3, 0.4) is 0 Å².